The Morgan fingerprint density at radius 2 is 1.70 bits per heavy atom. The molecule has 0 spiro atoms. The molecule has 0 aliphatic carbocycles. The van der Waals surface area contributed by atoms with Crippen LogP contribution in [0.1, 0.15) is 10.4 Å². The molecule has 1 heterocycles. The first-order chi connectivity index (χ1) is 11.2. The molecule has 6 heteroatoms. The number of amides is 1. The molecule has 3 rings (SSSR count). The largest absolute Gasteiger partial charge is 0.368 e. The highest BCUT2D eigenvalue weighted by atomic mass is 19.1. The molecular formula is C17H17FN3O2+. The molecule has 1 fully saturated rings. The minimum atomic E-state index is -0.612. The number of nitrogens with zero attached hydrogens (tertiary/aromatic N) is 2. The Balaban J connectivity index is 1.70. The molecule has 0 atom stereocenters. The van der Waals surface area contributed by atoms with Crippen LogP contribution in [-0.4, -0.2) is 37.0 Å². The molecular weight excluding hydrogens is 297 g/mol. The van der Waals surface area contributed by atoms with Crippen LogP contribution in [0.3, 0.4) is 0 Å². The maximum absolute atomic E-state index is 13.9. The van der Waals surface area contributed by atoms with Crippen molar-refractivity contribution in [3.8, 4) is 0 Å². The van der Waals surface area contributed by atoms with E-state index in [9.17, 15) is 14.1 Å². The van der Waals surface area contributed by atoms with Gasteiger partial charge in [-0.2, -0.15) is 0 Å². The van der Waals surface area contributed by atoms with Crippen LogP contribution in [0.25, 0.3) is 0 Å². The van der Waals surface area contributed by atoms with Crippen molar-refractivity contribution in [2.45, 2.75) is 0 Å². The van der Waals surface area contributed by atoms with Gasteiger partial charge in [0.25, 0.3) is 11.6 Å². The number of halogens is 1. The fourth-order valence-corrected chi connectivity index (χ4v) is 2.73. The van der Waals surface area contributed by atoms with Crippen LogP contribution < -0.4 is 10.1 Å². The van der Waals surface area contributed by atoms with Crippen molar-refractivity contribution in [1.82, 2.24) is 4.90 Å². The molecule has 0 saturated carbocycles. The number of piperazine rings is 1. The molecule has 2 aromatic rings. The normalized spacial score (nSPS) is 14.7. The van der Waals surface area contributed by atoms with E-state index >= 15 is 0 Å². The average Bonchev–Trinajstić information content (AvgIpc) is 2.62. The monoisotopic (exact) mass is 314 g/mol. The lowest BCUT2D eigenvalue weighted by Crippen LogP contribution is -2.55. The lowest BCUT2D eigenvalue weighted by molar-refractivity contribution is -0.379. The zero-order valence-electron chi connectivity index (χ0n) is 12.5. The van der Waals surface area contributed by atoms with Gasteiger partial charge in [0.05, 0.1) is 5.56 Å². The van der Waals surface area contributed by atoms with Gasteiger partial charge in [-0.15, -0.1) is 0 Å². The average molecular weight is 314 g/mol. The summed E-state index contributed by atoms with van der Waals surface area (Å²) >= 11 is 0. The fourth-order valence-electron chi connectivity index (χ4n) is 2.73. The predicted molar refractivity (Wildman–Crippen MR) is 84.9 cm³/mol. The zero-order valence-corrected chi connectivity index (χ0v) is 12.5. The molecule has 1 N–H and O–H groups in total. The number of carbonyl (C=O) groups is 1. The molecule has 2 aromatic carbocycles. The van der Waals surface area contributed by atoms with E-state index in [1.165, 1.54) is 12.1 Å². The number of carbonyl (C=O) groups excluding carboxylic acids is 1. The second-order valence-electron chi connectivity index (χ2n) is 5.41. The summed E-state index contributed by atoms with van der Waals surface area (Å²) in [6.07, 6.45) is 0. The molecule has 5 nitrogen and oxygen atoms in total. The minimum Gasteiger partial charge on any atom is -0.368 e. The van der Waals surface area contributed by atoms with Crippen LogP contribution in [0.4, 0.5) is 15.8 Å². The number of nitroso groups, excluding NO2 is 1. The van der Waals surface area contributed by atoms with Gasteiger partial charge in [-0.3, -0.25) is 4.79 Å². The Bertz CT molecular complexity index is 713. The SMILES string of the molecule is O=[NH+]c1ccc(F)c(C(=O)N2CCN(c3ccccc3)CC2)c1. The minimum absolute atomic E-state index is 0.0704. The summed E-state index contributed by atoms with van der Waals surface area (Å²) in [5.41, 5.74) is 1.22. The van der Waals surface area contributed by atoms with Gasteiger partial charge in [-0.05, 0) is 18.2 Å². The molecule has 0 bridgehead atoms. The third kappa shape index (κ3) is 3.21. The summed E-state index contributed by atoms with van der Waals surface area (Å²) in [7, 11) is 0. The van der Waals surface area contributed by atoms with Crippen molar-refractivity contribution in [1.29, 1.82) is 0 Å². The summed E-state index contributed by atoms with van der Waals surface area (Å²) in [5.74, 6) is -0.994. The van der Waals surface area contributed by atoms with E-state index in [1.807, 2.05) is 30.3 Å². The summed E-state index contributed by atoms with van der Waals surface area (Å²) in [5, 5.41) is 1.69. The van der Waals surface area contributed by atoms with Crippen molar-refractivity contribution in [3.63, 3.8) is 0 Å². The number of rotatable bonds is 3. The molecule has 0 aromatic heterocycles. The molecule has 1 aliphatic heterocycles. The quantitative estimate of drug-likeness (QED) is 0.928. The van der Waals surface area contributed by atoms with Gasteiger partial charge in [0.15, 0.2) is 0 Å². The van der Waals surface area contributed by atoms with Crippen LogP contribution in [0.15, 0.2) is 48.5 Å². The molecule has 118 valence electrons. The van der Waals surface area contributed by atoms with Crippen molar-refractivity contribution >= 4 is 17.3 Å². The maximum atomic E-state index is 13.9. The highest BCUT2D eigenvalue weighted by Crippen LogP contribution is 2.18. The molecule has 0 radical (unpaired) electrons. The Morgan fingerprint density at radius 3 is 2.35 bits per heavy atom. The maximum Gasteiger partial charge on any atom is 0.257 e. The smallest absolute Gasteiger partial charge is 0.257 e. The fraction of sp³-hybridized carbons (Fsp3) is 0.235. The van der Waals surface area contributed by atoms with Gasteiger partial charge < -0.3 is 9.80 Å². The number of hydrogen-bond donors (Lipinski definition) is 1. The van der Waals surface area contributed by atoms with Crippen molar-refractivity contribution < 1.29 is 14.4 Å². The molecule has 1 saturated heterocycles. The van der Waals surface area contributed by atoms with Crippen molar-refractivity contribution in [2.75, 3.05) is 31.1 Å². The van der Waals surface area contributed by atoms with E-state index in [0.29, 0.717) is 26.2 Å². The summed E-state index contributed by atoms with van der Waals surface area (Å²) in [6.45, 7) is 2.41. The second kappa shape index (κ2) is 6.56. The van der Waals surface area contributed by atoms with Gasteiger partial charge in [-0.25, -0.2) is 4.39 Å². The molecule has 1 amide bonds. The van der Waals surface area contributed by atoms with Gasteiger partial charge in [0.2, 0.25) is 0 Å². The number of anilines is 1. The van der Waals surface area contributed by atoms with Crippen molar-refractivity contribution in [3.05, 3.63) is 64.8 Å². The third-order valence-corrected chi connectivity index (χ3v) is 4.00. The van der Waals surface area contributed by atoms with E-state index in [0.717, 1.165) is 11.8 Å². The Kier molecular flexibility index (Phi) is 4.32. The molecule has 0 unspecified atom stereocenters. The zero-order chi connectivity index (χ0) is 16.2. The van der Waals surface area contributed by atoms with Crippen LogP contribution in [0.2, 0.25) is 0 Å². The summed E-state index contributed by atoms with van der Waals surface area (Å²) in [6, 6.07) is 13.7. The standard InChI is InChI=1S/C17H16FN3O2/c18-16-7-6-13(19-23)12-15(16)17(22)21-10-8-20(9-11-21)14-4-2-1-3-5-14/h1-7,12H,8-11H2/p+1. The van der Waals surface area contributed by atoms with Crippen LogP contribution in [0, 0.1) is 10.7 Å². The van der Waals surface area contributed by atoms with E-state index in [4.69, 9.17) is 0 Å². The lowest BCUT2D eigenvalue weighted by atomic mass is 10.1. The van der Waals surface area contributed by atoms with Gasteiger partial charge >= 0.3 is 0 Å². The number of hydrogen-bond acceptors (Lipinski definition) is 3. The van der Waals surface area contributed by atoms with E-state index in [2.05, 4.69) is 4.90 Å². The molecule has 1 aliphatic rings. The first-order valence-electron chi connectivity index (χ1n) is 7.46. The van der Waals surface area contributed by atoms with Crippen LogP contribution in [-0.2, 0) is 0 Å². The highest BCUT2D eigenvalue weighted by Gasteiger charge is 2.25. The van der Waals surface area contributed by atoms with E-state index < -0.39 is 5.82 Å². The topological polar surface area (TPSA) is 54.6 Å². The van der Waals surface area contributed by atoms with E-state index in [-0.39, 0.29) is 17.2 Å². The number of para-hydroxylation sites is 1. The van der Waals surface area contributed by atoms with Gasteiger partial charge in [0, 0.05) is 54.1 Å². The number of nitrogens with one attached hydrogen (secondary N) is 1. The van der Waals surface area contributed by atoms with Gasteiger partial charge in [-0.1, -0.05) is 18.2 Å². The summed E-state index contributed by atoms with van der Waals surface area (Å²) < 4.78 is 13.9. The number of benzene rings is 2. The van der Waals surface area contributed by atoms with E-state index in [1.54, 1.807) is 10.1 Å². The Hall–Kier alpha value is -2.76. The summed E-state index contributed by atoms with van der Waals surface area (Å²) in [4.78, 5) is 27.0. The Labute approximate surface area is 133 Å². The van der Waals surface area contributed by atoms with Gasteiger partial charge in [0.1, 0.15) is 5.82 Å². The molecule has 23 heavy (non-hydrogen) atoms. The van der Waals surface area contributed by atoms with Crippen LogP contribution >= 0.6 is 0 Å². The Morgan fingerprint density at radius 1 is 1.00 bits per heavy atom. The first-order valence-corrected chi connectivity index (χ1v) is 7.46. The first kappa shape index (κ1) is 15.1. The second-order valence-corrected chi connectivity index (χ2v) is 5.41. The highest BCUT2D eigenvalue weighted by molar-refractivity contribution is 5.95. The van der Waals surface area contributed by atoms with Crippen LogP contribution in [0.5, 0.6) is 0 Å². The predicted octanol–water partition coefficient (Wildman–Crippen LogP) is 1.27. The van der Waals surface area contributed by atoms with Crippen molar-refractivity contribution in [2.24, 2.45) is 0 Å². The lowest BCUT2D eigenvalue weighted by Gasteiger charge is -2.36. The third-order valence-electron chi connectivity index (χ3n) is 4.00.